The molecule has 1 heterocycles. The maximum absolute atomic E-state index is 11.0. The van der Waals surface area contributed by atoms with Gasteiger partial charge in [0.05, 0.1) is 15.8 Å². The number of carboxylic acid groups (broad SMARTS) is 1. The van der Waals surface area contributed by atoms with Crippen molar-refractivity contribution in [3.05, 3.63) is 23.8 Å². The monoisotopic (exact) mass is 236 g/mol. The summed E-state index contributed by atoms with van der Waals surface area (Å²) in [6.07, 6.45) is 0. The highest BCUT2D eigenvalue weighted by atomic mass is 32.1. The third kappa shape index (κ3) is 1.99. The van der Waals surface area contributed by atoms with Gasteiger partial charge >= 0.3 is 5.97 Å². The number of rotatable bonds is 3. The molecule has 2 N–H and O–H groups in total. The van der Waals surface area contributed by atoms with Crippen LogP contribution in [0.1, 0.15) is 24.2 Å². The number of nitrogens with zero attached hydrogens (tertiary/aromatic N) is 1. The first kappa shape index (κ1) is 10.9. The van der Waals surface area contributed by atoms with Crippen LogP contribution in [-0.2, 0) is 0 Å². The van der Waals surface area contributed by atoms with Crippen molar-refractivity contribution in [1.82, 2.24) is 4.98 Å². The number of carbonyl (C=O) groups is 1. The standard InChI is InChI=1S/C11H12N2O2S/c1-6(2)12-11-13-9-7(10(14)15)4-3-5-8(9)16-11/h3-6H,1-2H3,(H,12,13)(H,14,15). The van der Waals surface area contributed by atoms with Crippen LogP contribution in [-0.4, -0.2) is 22.1 Å². The van der Waals surface area contributed by atoms with Crippen molar-refractivity contribution in [2.75, 3.05) is 5.32 Å². The van der Waals surface area contributed by atoms with E-state index in [2.05, 4.69) is 10.3 Å². The number of hydrogen-bond acceptors (Lipinski definition) is 4. The van der Waals surface area contributed by atoms with Gasteiger partial charge in [-0.2, -0.15) is 0 Å². The van der Waals surface area contributed by atoms with Crippen molar-refractivity contribution in [2.24, 2.45) is 0 Å². The molecule has 4 nitrogen and oxygen atoms in total. The van der Waals surface area contributed by atoms with E-state index in [-0.39, 0.29) is 11.6 Å². The van der Waals surface area contributed by atoms with Crippen LogP contribution in [0.2, 0.25) is 0 Å². The zero-order valence-corrected chi connectivity index (χ0v) is 9.84. The largest absolute Gasteiger partial charge is 0.478 e. The van der Waals surface area contributed by atoms with Crippen molar-refractivity contribution in [3.63, 3.8) is 0 Å². The van der Waals surface area contributed by atoms with Crippen LogP contribution < -0.4 is 5.32 Å². The van der Waals surface area contributed by atoms with Gasteiger partial charge in [0.2, 0.25) is 0 Å². The summed E-state index contributed by atoms with van der Waals surface area (Å²) in [5, 5.41) is 13.0. The number of fused-ring (bicyclic) bond motifs is 1. The molecule has 0 radical (unpaired) electrons. The average molecular weight is 236 g/mol. The first-order chi connectivity index (χ1) is 7.58. The van der Waals surface area contributed by atoms with Gasteiger partial charge in [0.25, 0.3) is 0 Å². The quantitative estimate of drug-likeness (QED) is 0.860. The normalized spacial score (nSPS) is 10.9. The maximum Gasteiger partial charge on any atom is 0.337 e. The minimum Gasteiger partial charge on any atom is -0.478 e. The lowest BCUT2D eigenvalue weighted by Gasteiger charge is -2.03. The molecule has 0 aliphatic rings. The van der Waals surface area contributed by atoms with Crippen molar-refractivity contribution in [2.45, 2.75) is 19.9 Å². The van der Waals surface area contributed by atoms with Crippen LogP contribution in [0.3, 0.4) is 0 Å². The molecule has 16 heavy (non-hydrogen) atoms. The Kier molecular flexibility index (Phi) is 2.78. The number of aromatic carboxylic acids is 1. The third-order valence-corrected chi connectivity index (χ3v) is 3.01. The molecule has 1 aromatic carbocycles. The smallest absolute Gasteiger partial charge is 0.337 e. The van der Waals surface area contributed by atoms with Gasteiger partial charge in [0.1, 0.15) is 0 Å². The lowest BCUT2D eigenvalue weighted by Crippen LogP contribution is -2.09. The van der Waals surface area contributed by atoms with E-state index in [0.717, 1.165) is 9.83 Å². The minimum atomic E-state index is -0.938. The first-order valence-corrected chi connectivity index (χ1v) is 5.79. The summed E-state index contributed by atoms with van der Waals surface area (Å²) in [5.74, 6) is -0.938. The maximum atomic E-state index is 11.0. The van der Waals surface area contributed by atoms with Crippen molar-refractivity contribution < 1.29 is 9.90 Å². The highest BCUT2D eigenvalue weighted by Crippen LogP contribution is 2.28. The molecule has 0 bridgehead atoms. The Morgan fingerprint density at radius 1 is 1.50 bits per heavy atom. The average Bonchev–Trinajstić information content (AvgIpc) is 2.57. The summed E-state index contributed by atoms with van der Waals surface area (Å²) in [7, 11) is 0. The summed E-state index contributed by atoms with van der Waals surface area (Å²) in [5.41, 5.74) is 0.814. The van der Waals surface area contributed by atoms with Gasteiger partial charge in [-0.15, -0.1) is 0 Å². The number of thiazole rings is 1. The van der Waals surface area contributed by atoms with Gasteiger partial charge < -0.3 is 10.4 Å². The van der Waals surface area contributed by atoms with E-state index in [9.17, 15) is 4.79 Å². The number of carboxylic acids is 1. The van der Waals surface area contributed by atoms with Gasteiger partial charge in [0, 0.05) is 6.04 Å². The van der Waals surface area contributed by atoms with Gasteiger partial charge in [-0.3, -0.25) is 0 Å². The number of aromatic nitrogens is 1. The van der Waals surface area contributed by atoms with Crippen LogP contribution >= 0.6 is 11.3 Å². The van der Waals surface area contributed by atoms with Crippen LogP contribution in [0.4, 0.5) is 5.13 Å². The number of para-hydroxylation sites is 1. The highest BCUT2D eigenvalue weighted by molar-refractivity contribution is 7.22. The van der Waals surface area contributed by atoms with Crippen molar-refractivity contribution in [1.29, 1.82) is 0 Å². The van der Waals surface area contributed by atoms with Crippen molar-refractivity contribution >= 4 is 32.7 Å². The molecule has 0 atom stereocenters. The summed E-state index contributed by atoms with van der Waals surface area (Å²) >= 11 is 1.47. The highest BCUT2D eigenvalue weighted by Gasteiger charge is 2.12. The lowest BCUT2D eigenvalue weighted by molar-refractivity contribution is 0.0699. The number of benzene rings is 1. The summed E-state index contributed by atoms with van der Waals surface area (Å²) < 4.78 is 0.892. The molecule has 0 fully saturated rings. The van der Waals surface area contributed by atoms with E-state index in [4.69, 9.17) is 5.11 Å². The fourth-order valence-corrected chi connectivity index (χ4v) is 2.47. The Bertz CT molecular complexity index is 534. The van der Waals surface area contributed by atoms with Gasteiger partial charge in [-0.1, -0.05) is 17.4 Å². The summed E-state index contributed by atoms with van der Waals surface area (Å²) in [6, 6.07) is 5.48. The molecule has 1 aromatic heterocycles. The van der Waals surface area contributed by atoms with E-state index in [0.29, 0.717) is 5.52 Å². The molecule has 0 saturated heterocycles. The Hall–Kier alpha value is -1.62. The molecule has 0 spiro atoms. The third-order valence-electron chi connectivity index (χ3n) is 2.06. The zero-order chi connectivity index (χ0) is 11.7. The predicted molar refractivity (Wildman–Crippen MR) is 65.3 cm³/mol. The minimum absolute atomic E-state index is 0.255. The molecular weight excluding hydrogens is 224 g/mol. The summed E-state index contributed by atoms with van der Waals surface area (Å²) in [4.78, 5) is 15.3. The van der Waals surface area contributed by atoms with E-state index >= 15 is 0 Å². The fraction of sp³-hybridized carbons (Fsp3) is 0.273. The fourth-order valence-electron chi connectivity index (χ4n) is 1.43. The van der Waals surface area contributed by atoms with Gasteiger partial charge in [0.15, 0.2) is 5.13 Å². The lowest BCUT2D eigenvalue weighted by atomic mass is 10.2. The number of hydrogen-bond donors (Lipinski definition) is 2. The van der Waals surface area contributed by atoms with Gasteiger partial charge in [-0.05, 0) is 26.0 Å². The van der Waals surface area contributed by atoms with Crippen LogP contribution in [0, 0.1) is 0 Å². The van der Waals surface area contributed by atoms with E-state index < -0.39 is 5.97 Å². The van der Waals surface area contributed by atoms with E-state index in [1.807, 2.05) is 19.9 Å². The molecule has 0 aliphatic carbocycles. The Morgan fingerprint density at radius 3 is 2.88 bits per heavy atom. The second-order valence-electron chi connectivity index (χ2n) is 3.78. The van der Waals surface area contributed by atoms with E-state index in [1.54, 1.807) is 12.1 Å². The molecule has 2 rings (SSSR count). The van der Waals surface area contributed by atoms with Crippen molar-refractivity contribution in [3.8, 4) is 0 Å². The van der Waals surface area contributed by atoms with Crippen LogP contribution in [0.15, 0.2) is 18.2 Å². The Morgan fingerprint density at radius 2 is 2.25 bits per heavy atom. The Balaban J connectivity index is 2.52. The van der Waals surface area contributed by atoms with Crippen LogP contribution in [0.5, 0.6) is 0 Å². The second-order valence-corrected chi connectivity index (χ2v) is 4.81. The number of anilines is 1. The molecule has 0 saturated carbocycles. The molecule has 0 amide bonds. The first-order valence-electron chi connectivity index (χ1n) is 4.97. The Labute approximate surface area is 96.9 Å². The molecule has 0 unspecified atom stereocenters. The van der Waals surface area contributed by atoms with E-state index in [1.165, 1.54) is 11.3 Å². The molecule has 84 valence electrons. The SMILES string of the molecule is CC(C)Nc1nc2c(C(=O)O)cccc2s1. The second kappa shape index (κ2) is 4.09. The van der Waals surface area contributed by atoms with Crippen LogP contribution in [0.25, 0.3) is 10.2 Å². The molecule has 0 aliphatic heterocycles. The molecular formula is C11H12N2O2S. The van der Waals surface area contributed by atoms with Gasteiger partial charge in [-0.25, -0.2) is 9.78 Å². The molecule has 2 aromatic rings. The molecule has 5 heteroatoms. The topological polar surface area (TPSA) is 62.2 Å². The number of nitrogens with one attached hydrogen (secondary N) is 1. The predicted octanol–water partition coefficient (Wildman–Crippen LogP) is 2.81. The zero-order valence-electron chi connectivity index (χ0n) is 9.02. The summed E-state index contributed by atoms with van der Waals surface area (Å²) in [6.45, 7) is 4.04.